The summed E-state index contributed by atoms with van der Waals surface area (Å²) in [6, 6.07) is 15.5. The van der Waals surface area contributed by atoms with Crippen LogP contribution in [0, 0.1) is 0 Å². The molecule has 0 saturated heterocycles. The molecule has 126 valence electrons. The molecule has 4 rings (SSSR count). The molecule has 0 spiro atoms. The second-order valence-corrected chi connectivity index (χ2v) is 6.10. The zero-order valence-corrected chi connectivity index (χ0v) is 13.8. The minimum atomic E-state index is -0.124. The van der Waals surface area contributed by atoms with Crippen LogP contribution < -0.4 is 10.6 Å². The third-order valence-corrected chi connectivity index (χ3v) is 4.22. The highest BCUT2D eigenvalue weighted by Crippen LogP contribution is 2.28. The van der Waals surface area contributed by atoms with Gasteiger partial charge in [-0.05, 0) is 49.2 Å². The van der Waals surface area contributed by atoms with Crippen LogP contribution in [0.1, 0.15) is 30.8 Å². The zero-order chi connectivity index (χ0) is 17.2. The maximum absolute atomic E-state index is 11.4. The summed E-state index contributed by atoms with van der Waals surface area (Å²) in [5, 5.41) is 14.5. The summed E-state index contributed by atoms with van der Waals surface area (Å²) in [5.41, 5.74) is 3.88. The van der Waals surface area contributed by atoms with Crippen LogP contribution in [-0.2, 0) is 11.2 Å². The van der Waals surface area contributed by atoms with Gasteiger partial charge in [-0.2, -0.15) is 0 Å². The largest absolute Gasteiger partial charge is 0.418 e. The number of amides is 1. The first-order valence-electron chi connectivity index (χ1n) is 8.27. The quantitative estimate of drug-likeness (QED) is 0.759. The molecule has 25 heavy (non-hydrogen) atoms. The molecule has 2 heterocycles. The lowest BCUT2D eigenvalue weighted by Crippen LogP contribution is -2.19. The summed E-state index contributed by atoms with van der Waals surface area (Å²) in [7, 11) is 0. The van der Waals surface area contributed by atoms with E-state index in [4.69, 9.17) is 4.42 Å². The van der Waals surface area contributed by atoms with E-state index < -0.39 is 0 Å². The van der Waals surface area contributed by atoms with Crippen LogP contribution in [0.15, 0.2) is 52.9 Å². The highest BCUT2D eigenvalue weighted by molar-refractivity contribution is 5.94. The Morgan fingerprint density at radius 3 is 2.80 bits per heavy atom. The van der Waals surface area contributed by atoms with Gasteiger partial charge < -0.3 is 15.1 Å². The summed E-state index contributed by atoms with van der Waals surface area (Å²) in [4.78, 5) is 11.4. The van der Waals surface area contributed by atoms with Gasteiger partial charge in [-0.25, -0.2) is 0 Å². The van der Waals surface area contributed by atoms with Gasteiger partial charge in [0.2, 0.25) is 17.7 Å². The second-order valence-electron chi connectivity index (χ2n) is 6.10. The summed E-state index contributed by atoms with van der Waals surface area (Å²) in [5.74, 6) is 1.11. The van der Waals surface area contributed by atoms with E-state index in [0.717, 1.165) is 28.9 Å². The smallest absolute Gasteiger partial charge is 0.247 e. The number of benzene rings is 2. The molecule has 0 aliphatic carbocycles. The average molecular weight is 334 g/mol. The van der Waals surface area contributed by atoms with E-state index in [1.807, 2.05) is 49.4 Å². The number of aromatic nitrogens is 2. The molecule has 1 aliphatic rings. The molecule has 1 atom stereocenters. The van der Waals surface area contributed by atoms with Crippen molar-refractivity contribution in [2.45, 2.75) is 25.8 Å². The van der Waals surface area contributed by atoms with E-state index in [9.17, 15) is 4.79 Å². The van der Waals surface area contributed by atoms with Crippen molar-refractivity contribution in [2.75, 3.05) is 10.6 Å². The lowest BCUT2D eigenvalue weighted by atomic mass is 10.0. The number of nitrogens with zero attached hydrogens (tertiary/aromatic N) is 2. The number of carbonyl (C=O) groups excluding carboxylic acids is 1. The molecule has 2 N–H and O–H groups in total. The molecule has 3 aromatic rings. The minimum absolute atomic E-state index is 0.0703. The number of fused-ring (bicyclic) bond motifs is 1. The Bertz CT molecular complexity index is 905. The molecule has 0 radical (unpaired) electrons. The molecule has 1 aromatic heterocycles. The van der Waals surface area contributed by atoms with Crippen molar-refractivity contribution in [3.8, 4) is 11.5 Å². The van der Waals surface area contributed by atoms with Crippen LogP contribution in [0.2, 0.25) is 0 Å². The van der Waals surface area contributed by atoms with Crippen molar-refractivity contribution in [1.29, 1.82) is 0 Å². The lowest BCUT2D eigenvalue weighted by molar-refractivity contribution is -0.116. The predicted molar refractivity (Wildman–Crippen MR) is 95.2 cm³/mol. The first-order valence-corrected chi connectivity index (χ1v) is 8.27. The monoisotopic (exact) mass is 334 g/mol. The molecule has 0 bridgehead atoms. The summed E-state index contributed by atoms with van der Waals surface area (Å²) in [6.45, 7) is 1.98. The van der Waals surface area contributed by atoms with Crippen LogP contribution in [0.3, 0.4) is 0 Å². The van der Waals surface area contributed by atoms with Crippen LogP contribution in [-0.4, -0.2) is 16.1 Å². The normalized spacial score (nSPS) is 14.5. The van der Waals surface area contributed by atoms with Crippen molar-refractivity contribution >= 4 is 17.3 Å². The zero-order valence-electron chi connectivity index (χ0n) is 13.8. The number of carbonyl (C=O) groups is 1. The van der Waals surface area contributed by atoms with Gasteiger partial charge in [-0.1, -0.05) is 18.2 Å². The molecular formula is C19H18N4O2. The highest BCUT2D eigenvalue weighted by Gasteiger charge is 2.17. The topological polar surface area (TPSA) is 80.0 Å². The first kappa shape index (κ1) is 15.4. The molecular weight excluding hydrogens is 316 g/mol. The van der Waals surface area contributed by atoms with Gasteiger partial charge in [0.15, 0.2) is 0 Å². The summed E-state index contributed by atoms with van der Waals surface area (Å²) >= 11 is 0. The molecule has 6 nitrogen and oxygen atoms in total. The number of aryl methyl sites for hydroxylation is 1. The third-order valence-electron chi connectivity index (χ3n) is 4.22. The first-order chi connectivity index (χ1) is 12.2. The van der Waals surface area contributed by atoms with E-state index in [2.05, 4.69) is 26.9 Å². The number of nitrogens with one attached hydrogen (secondary N) is 2. The van der Waals surface area contributed by atoms with Gasteiger partial charge in [0.1, 0.15) is 6.04 Å². The third kappa shape index (κ3) is 3.24. The number of anilines is 2. The fourth-order valence-corrected chi connectivity index (χ4v) is 2.89. The average Bonchev–Trinajstić information content (AvgIpc) is 3.13. The molecule has 1 aliphatic heterocycles. The van der Waals surface area contributed by atoms with Gasteiger partial charge in [-0.3, -0.25) is 4.79 Å². The number of hydrogen-bond donors (Lipinski definition) is 2. The van der Waals surface area contributed by atoms with E-state index in [1.54, 1.807) is 0 Å². The van der Waals surface area contributed by atoms with Crippen LogP contribution >= 0.6 is 0 Å². The minimum Gasteiger partial charge on any atom is -0.418 e. The maximum Gasteiger partial charge on any atom is 0.247 e. The Kier molecular flexibility index (Phi) is 3.93. The lowest BCUT2D eigenvalue weighted by Gasteiger charge is -2.19. The second kappa shape index (κ2) is 6.39. The van der Waals surface area contributed by atoms with Crippen molar-refractivity contribution in [2.24, 2.45) is 0 Å². The Labute approximate surface area is 145 Å². The SMILES string of the molecule is C[C@H](Nc1ccc2c(c1)CCC(=O)N2)c1nnc(-c2ccccc2)o1. The van der Waals surface area contributed by atoms with Gasteiger partial charge in [0.25, 0.3) is 0 Å². The van der Waals surface area contributed by atoms with E-state index >= 15 is 0 Å². The van der Waals surface area contributed by atoms with Crippen molar-refractivity contribution in [3.05, 3.63) is 60.0 Å². The predicted octanol–water partition coefficient (Wildman–Crippen LogP) is 3.79. The van der Waals surface area contributed by atoms with Crippen LogP contribution in [0.5, 0.6) is 0 Å². The maximum atomic E-state index is 11.4. The fourth-order valence-electron chi connectivity index (χ4n) is 2.89. The van der Waals surface area contributed by atoms with Gasteiger partial charge in [-0.15, -0.1) is 10.2 Å². The Balaban J connectivity index is 1.50. The Morgan fingerprint density at radius 1 is 1.12 bits per heavy atom. The van der Waals surface area contributed by atoms with Crippen LogP contribution in [0.25, 0.3) is 11.5 Å². The molecule has 6 heteroatoms. The molecule has 0 fully saturated rings. The number of hydrogen-bond acceptors (Lipinski definition) is 5. The van der Waals surface area contributed by atoms with Gasteiger partial charge in [0.05, 0.1) is 0 Å². The Hall–Kier alpha value is -3.15. The Morgan fingerprint density at radius 2 is 1.96 bits per heavy atom. The van der Waals surface area contributed by atoms with Gasteiger partial charge in [0, 0.05) is 23.4 Å². The van der Waals surface area contributed by atoms with Crippen molar-refractivity contribution in [3.63, 3.8) is 0 Å². The summed E-state index contributed by atoms with van der Waals surface area (Å²) < 4.78 is 5.79. The van der Waals surface area contributed by atoms with E-state index in [-0.39, 0.29) is 11.9 Å². The van der Waals surface area contributed by atoms with Crippen molar-refractivity contribution in [1.82, 2.24) is 10.2 Å². The van der Waals surface area contributed by atoms with E-state index in [1.165, 1.54) is 0 Å². The van der Waals surface area contributed by atoms with Crippen LogP contribution in [0.4, 0.5) is 11.4 Å². The van der Waals surface area contributed by atoms with E-state index in [0.29, 0.717) is 18.2 Å². The highest BCUT2D eigenvalue weighted by atomic mass is 16.4. The summed E-state index contributed by atoms with van der Waals surface area (Å²) in [6.07, 6.45) is 1.28. The fraction of sp³-hybridized carbons (Fsp3) is 0.211. The number of rotatable bonds is 4. The molecule has 0 unspecified atom stereocenters. The van der Waals surface area contributed by atoms with Crippen molar-refractivity contribution < 1.29 is 9.21 Å². The molecule has 2 aromatic carbocycles. The standard InChI is InChI=1S/C19H18N4O2/c1-12(18-22-23-19(25-18)13-5-3-2-4-6-13)20-15-8-9-16-14(11-15)7-10-17(24)21-16/h2-6,8-9,11-12,20H,7,10H2,1H3,(H,21,24)/t12-/m0/s1. The molecule has 1 amide bonds. The van der Waals surface area contributed by atoms with Gasteiger partial charge >= 0.3 is 0 Å². The molecule has 0 saturated carbocycles.